The molecule has 0 radical (unpaired) electrons. The third kappa shape index (κ3) is 3.86. The van der Waals surface area contributed by atoms with Gasteiger partial charge in [-0.15, -0.1) is 0 Å². The minimum Gasteiger partial charge on any atom is -0.283 e. The molecule has 2 nitrogen and oxygen atoms in total. The lowest BCUT2D eigenvalue weighted by atomic mass is 10.0. The van der Waals surface area contributed by atoms with E-state index < -0.39 is 0 Å². The Hall–Kier alpha value is -3.26. The van der Waals surface area contributed by atoms with E-state index in [2.05, 4.69) is 88.9 Å². The Balaban J connectivity index is 1.46. The summed E-state index contributed by atoms with van der Waals surface area (Å²) >= 11 is 0. The maximum atomic E-state index is 4.54. The molecule has 0 fully saturated rings. The van der Waals surface area contributed by atoms with Gasteiger partial charge in [-0.05, 0) is 40.8 Å². The number of rotatable bonds is 4. The predicted octanol–water partition coefficient (Wildman–Crippen LogP) is 5.67. The molecule has 3 aromatic rings. The number of pyridine rings is 1. The molecule has 2 aromatic carbocycles. The summed E-state index contributed by atoms with van der Waals surface area (Å²) in [5, 5.41) is 0. The molecule has 0 saturated carbocycles. The lowest BCUT2D eigenvalue weighted by molar-refractivity contribution is 0.991. The van der Waals surface area contributed by atoms with Crippen LogP contribution in [-0.2, 0) is 0 Å². The fraction of sp³-hybridized carbons (Fsp3) is 0.0833. The first-order valence-electron chi connectivity index (χ1n) is 8.89. The fourth-order valence-corrected chi connectivity index (χ4v) is 2.94. The molecular weight excluding hydrogens is 316 g/mol. The van der Waals surface area contributed by atoms with E-state index in [1.54, 1.807) is 0 Å². The van der Waals surface area contributed by atoms with Crippen LogP contribution in [0.2, 0.25) is 0 Å². The van der Waals surface area contributed by atoms with Crippen LogP contribution in [0, 0.1) is 0 Å². The van der Waals surface area contributed by atoms with Crippen molar-refractivity contribution in [1.82, 2.24) is 4.98 Å². The topological polar surface area (TPSA) is 25.2 Å². The Labute approximate surface area is 154 Å². The van der Waals surface area contributed by atoms with Gasteiger partial charge in [0.05, 0.1) is 11.4 Å². The molecule has 26 heavy (non-hydrogen) atoms. The van der Waals surface area contributed by atoms with Crippen molar-refractivity contribution in [3.63, 3.8) is 0 Å². The SMILES string of the molecule is C1=CC(c2ccc(/C=C\c3ccc(-c4ccccc4)cc3)cn2)=NCC1. The van der Waals surface area contributed by atoms with Gasteiger partial charge in [-0.25, -0.2) is 0 Å². The molecule has 2 heteroatoms. The number of allylic oxidation sites excluding steroid dienone is 1. The van der Waals surface area contributed by atoms with E-state index in [1.165, 1.54) is 16.7 Å². The Morgan fingerprint density at radius 2 is 1.46 bits per heavy atom. The number of benzene rings is 2. The van der Waals surface area contributed by atoms with Gasteiger partial charge in [0, 0.05) is 12.7 Å². The lowest BCUT2D eigenvalue weighted by Gasteiger charge is -2.05. The molecule has 0 unspecified atom stereocenters. The van der Waals surface area contributed by atoms with Crippen LogP contribution < -0.4 is 0 Å². The highest BCUT2D eigenvalue weighted by molar-refractivity contribution is 6.07. The minimum atomic E-state index is 0.855. The molecule has 4 rings (SSSR count). The Morgan fingerprint density at radius 1 is 0.731 bits per heavy atom. The number of dihydropyridines is 1. The van der Waals surface area contributed by atoms with E-state index in [1.807, 2.05) is 18.3 Å². The molecular formula is C24H20N2. The zero-order valence-corrected chi connectivity index (χ0v) is 14.5. The van der Waals surface area contributed by atoms with Crippen molar-refractivity contribution in [1.29, 1.82) is 0 Å². The fourth-order valence-electron chi connectivity index (χ4n) is 2.94. The summed E-state index contributed by atoms with van der Waals surface area (Å²) in [6.45, 7) is 0.855. The average molecular weight is 336 g/mol. The summed E-state index contributed by atoms with van der Waals surface area (Å²) in [5.41, 5.74) is 6.64. The van der Waals surface area contributed by atoms with Crippen LogP contribution in [0.1, 0.15) is 23.2 Å². The molecule has 1 aromatic heterocycles. The number of nitrogens with zero attached hydrogens (tertiary/aromatic N) is 2. The van der Waals surface area contributed by atoms with E-state index in [0.717, 1.165) is 29.9 Å². The highest BCUT2D eigenvalue weighted by Crippen LogP contribution is 2.20. The van der Waals surface area contributed by atoms with Crippen LogP contribution >= 0.6 is 0 Å². The summed E-state index contributed by atoms with van der Waals surface area (Å²) in [5.74, 6) is 0. The van der Waals surface area contributed by atoms with Crippen molar-refractivity contribution >= 4 is 17.9 Å². The Kier molecular flexibility index (Phi) is 4.83. The van der Waals surface area contributed by atoms with Crippen LogP contribution in [0.25, 0.3) is 23.3 Å². The largest absolute Gasteiger partial charge is 0.283 e. The Morgan fingerprint density at radius 3 is 2.15 bits per heavy atom. The summed E-state index contributed by atoms with van der Waals surface area (Å²) < 4.78 is 0. The first kappa shape index (κ1) is 16.2. The van der Waals surface area contributed by atoms with Gasteiger partial charge in [-0.3, -0.25) is 9.98 Å². The van der Waals surface area contributed by atoms with Gasteiger partial charge in [0.2, 0.25) is 0 Å². The quantitative estimate of drug-likeness (QED) is 0.603. The van der Waals surface area contributed by atoms with Crippen LogP contribution in [0.4, 0.5) is 0 Å². The molecule has 2 heterocycles. The first-order chi connectivity index (χ1) is 12.9. The lowest BCUT2D eigenvalue weighted by Crippen LogP contribution is -2.04. The third-order valence-corrected chi connectivity index (χ3v) is 4.39. The van der Waals surface area contributed by atoms with Gasteiger partial charge in [-0.2, -0.15) is 0 Å². The van der Waals surface area contributed by atoms with Gasteiger partial charge in [0.15, 0.2) is 0 Å². The smallest absolute Gasteiger partial charge is 0.0881 e. The van der Waals surface area contributed by atoms with Crippen LogP contribution in [-0.4, -0.2) is 17.2 Å². The second-order valence-electron chi connectivity index (χ2n) is 6.26. The van der Waals surface area contributed by atoms with Crippen LogP contribution in [0.5, 0.6) is 0 Å². The molecule has 0 N–H and O–H groups in total. The number of hydrogen-bond acceptors (Lipinski definition) is 2. The van der Waals surface area contributed by atoms with Crippen molar-refractivity contribution in [2.75, 3.05) is 6.54 Å². The van der Waals surface area contributed by atoms with E-state index in [0.29, 0.717) is 0 Å². The first-order valence-corrected chi connectivity index (χ1v) is 8.89. The van der Waals surface area contributed by atoms with Gasteiger partial charge in [0.1, 0.15) is 0 Å². The molecule has 1 aliphatic heterocycles. The van der Waals surface area contributed by atoms with E-state index in [9.17, 15) is 0 Å². The number of aromatic nitrogens is 1. The normalized spacial score (nSPS) is 13.8. The molecule has 0 saturated heterocycles. The highest BCUT2D eigenvalue weighted by Gasteiger charge is 2.03. The third-order valence-electron chi connectivity index (χ3n) is 4.39. The van der Waals surface area contributed by atoms with Crippen molar-refractivity contribution in [2.45, 2.75) is 6.42 Å². The molecule has 0 aliphatic carbocycles. The van der Waals surface area contributed by atoms with Crippen molar-refractivity contribution in [3.8, 4) is 11.1 Å². The van der Waals surface area contributed by atoms with Gasteiger partial charge < -0.3 is 0 Å². The van der Waals surface area contributed by atoms with Gasteiger partial charge in [-0.1, -0.05) is 78.9 Å². The van der Waals surface area contributed by atoms with Crippen LogP contribution in [0.3, 0.4) is 0 Å². The van der Waals surface area contributed by atoms with Crippen molar-refractivity contribution < 1.29 is 0 Å². The number of aliphatic imine (C=N–C) groups is 1. The molecule has 126 valence electrons. The van der Waals surface area contributed by atoms with E-state index in [-0.39, 0.29) is 0 Å². The summed E-state index contributed by atoms with van der Waals surface area (Å²) in [7, 11) is 0. The predicted molar refractivity (Wildman–Crippen MR) is 110 cm³/mol. The van der Waals surface area contributed by atoms with E-state index in [4.69, 9.17) is 0 Å². The second-order valence-corrected chi connectivity index (χ2v) is 6.26. The van der Waals surface area contributed by atoms with Gasteiger partial charge >= 0.3 is 0 Å². The Bertz CT molecular complexity index is 947. The van der Waals surface area contributed by atoms with Crippen molar-refractivity contribution in [2.24, 2.45) is 4.99 Å². The minimum absolute atomic E-state index is 0.855. The second kappa shape index (κ2) is 7.75. The summed E-state index contributed by atoms with van der Waals surface area (Å²) in [6.07, 6.45) is 11.3. The molecule has 1 aliphatic rings. The monoisotopic (exact) mass is 336 g/mol. The molecule has 0 bridgehead atoms. The van der Waals surface area contributed by atoms with Crippen LogP contribution in [0.15, 0.2) is 90.1 Å². The zero-order chi connectivity index (χ0) is 17.6. The maximum absolute atomic E-state index is 4.54. The molecule has 0 atom stereocenters. The van der Waals surface area contributed by atoms with Gasteiger partial charge in [0.25, 0.3) is 0 Å². The molecule has 0 amide bonds. The molecule has 0 spiro atoms. The summed E-state index contributed by atoms with van der Waals surface area (Å²) in [4.78, 5) is 9.04. The number of hydrogen-bond donors (Lipinski definition) is 0. The van der Waals surface area contributed by atoms with E-state index >= 15 is 0 Å². The highest BCUT2D eigenvalue weighted by atomic mass is 14.8. The standard InChI is InChI=1S/C24H20N2/c1-2-6-21(7-3-1)22-14-11-19(12-15-22)9-10-20-13-16-24(26-18-20)23-8-4-5-17-25-23/h1-4,6-16,18H,5,17H2/b10-9-. The van der Waals surface area contributed by atoms with Crippen molar-refractivity contribution in [3.05, 3.63) is 102 Å². The average Bonchev–Trinajstić information content (AvgIpc) is 2.74. The zero-order valence-electron chi connectivity index (χ0n) is 14.5. The summed E-state index contributed by atoms with van der Waals surface area (Å²) in [6, 6.07) is 23.1. The maximum Gasteiger partial charge on any atom is 0.0881 e.